The average Bonchev–Trinajstić information content (AvgIpc) is 2.62. The first-order chi connectivity index (χ1) is 11.7. The lowest BCUT2D eigenvalue weighted by molar-refractivity contribution is 0.171. The monoisotopic (exact) mass is 326 g/mol. The quantitative estimate of drug-likeness (QED) is 0.413. The zero-order valence-corrected chi connectivity index (χ0v) is 14.3. The van der Waals surface area contributed by atoms with Crippen molar-refractivity contribution in [1.82, 2.24) is 0 Å². The lowest BCUT2D eigenvalue weighted by Crippen LogP contribution is -2.12. The van der Waals surface area contributed by atoms with Crippen LogP contribution in [0, 0.1) is 6.92 Å². The molecule has 0 heterocycles. The van der Waals surface area contributed by atoms with E-state index in [0.717, 1.165) is 29.2 Å². The van der Waals surface area contributed by atoms with Crippen LogP contribution < -0.4 is 21.7 Å². The first-order valence-corrected chi connectivity index (χ1v) is 8.11. The number of hydrogen-bond donors (Lipinski definition) is 4. The average molecular weight is 326 g/mol. The van der Waals surface area contributed by atoms with Gasteiger partial charge < -0.3 is 26.4 Å². The molecule has 5 nitrogen and oxygen atoms in total. The topological polar surface area (TPSA) is 71.3 Å². The molecule has 0 spiro atoms. The van der Waals surface area contributed by atoms with Crippen LogP contribution in [0.25, 0.3) is 0 Å². The number of anilines is 3. The van der Waals surface area contributed by atoms with Crippen molar-refractivity contribution in [2.75, 3.05) is 29.4 Å². The normalized spacial score (nSPS) is 11.2. The van der Waals surface area contributed by atoms with Gasteiger partial charge in [-0.25, -0.2) is 0 Å². The van der Waals surface area contributed by atoms with Gasteiger partial charge in [0.1, 0.15) is 13.5 Å². The van der Waals surface area contributed by atoms with E-state index in [1.54, 1.807) is 0 Å². The van der Waals surface area contributed by atoms with Crippen LogP contribution in [-0.4, -0.2) is 13.5 Å². The number of rotatable bonds is 9. The highest BCUT2D eigenvalue weighted by Gasteiger charge is 1.96. The van der Waals surface area contributed by atoms with E-state index in [4.69, 9.17) is 10.5 Å². The molecule has 5 heteroatoms. The van der Waals surface area contributed by atoms with Gasteiger partial charge >= 0.3 is 0 Å². The third-order valence-electron chi connectivity index (χ3n) is 3.61. The summed E-state index contributed by atoms with van der Waals surface area (Å²) in [6.45, 7) is 4.99. The van der Waals surface area contributed by atoms with Crippen molar-refractivity contribution in [1.29, 1.82) is 0 Å². The number of hydrogen-bond acceptors (Lipinski definition) is 5. The van der Waals surface area contributed by atoms with E-state index in [2.05, 4.69) is 28.9 Å². The summed E-state index contributed by atoms with van der Waals surface area (Å²) in [4.78, 5) is 0. The fourth-order valence-electron chi connectivity index (χ4n) is 2.05. The number of allylic oxidation sites excluding steroid dienone is 1. The Morgan fingerprint density at radius 1 is 1.00 bits per heavy atom. The second-order valence-corrected chi connectivity index (χ2v) is 5.46. The summed E-state index contributed by atoms with van der Waals surface area (Å²) in [6, 6.07) is 16.1. The van der Waals surface area contributed by atoms with Crippen LogP contribution in [-0.2, 0) is 4.74 Å². The largest absolute Gasteiger partial charge is 0.401 e. The molecule has 0 amide bonds. The Hall–Kier alpha value is -2.66. The second kappa shape index (κ2) is 9.47. The molecule has 0 unspecified atom stereocenters. The Kier molecular flexibility index (Phi) is 6.98. The van der Waals surface area contributed by atoms with Crippen LogP contribution in [0.2, 0.25) is 0 Å². The summed E-state index contributed by atoms with van der Waals surface area (Å²) in [7, 11) is 0. The summed E-state index contributed by atoms with van der Waals surface area (Å²) in [5.74, 6) is 0. The number of ether oxygens (including phenoxy) is 1. The van der Waals surface area contributed by atoms with E-state index in [-0.39, 0.29) is 0 Å². The van der Waals surface area contributed by atoms with E-state index in [0.29, 0.717) is 13.5 Å². The van der Waals surface area contributed by atoms with E-state index in [9.17, 15) is 0 Å². The van der Waals surface area contributed by atoms with Gasteiger partial charge in [0.15, 0.2) is 0 Å². The molecule has 2 aromatic carbocycles. The highest BCUT2D eigenvalue weighted by atomic mass is 16.5. The molecule has 0 radical (unpaired) electrons. The van der Waals surface area contributed by atoms with Gasteiger partial charge in [0.2, 0.25) is 0 Å². The van der Waals surface area contributed by atoms with E-state index >= 15 is 0 Å². The number of aryl methyl sites for hydroxylation is 1. The van der Waals surface area contributed by atoms with Crippen molar-refractivity contribution < 1.29 is 4.74 Å². The molecule has 0 aliphatic rings. The van der Waals surface area contributed by atoms with Crippen molar-refractivity contribution in [3.8, 4) is 0 Å². The lowest BCUT2D eigenvalue weighted by atomic mass is 10.2. The SMILES string of the molecule is CC/C(N)=C/Nc1ccc(NCOCNc2ccccc2C)cc1. The van der Waals surface area contributed by atoms with Gasteiger partial charge in [-0.15, -0.1) is 0 Å². The van der Waals surface area contributed by atoms with Gasteiger partial charge in [-0.05, 0) is 49.2 Å². The van der Waals surface area contributed by atoms with Gasteiger partial charge in [0.25, 0.3) is 0 Å². The maximum absolute atomic E-state index is 5.76. The third-order valence-corrected chi connectivity index (χ3v) is 3.61. The maximum atomic E-state index is 5.76. The zero-order valence-electron chi connectivity index (χ0n) is 14.3. The highest BCUT2D eigenvalue weighted by Crippen LogP contribution is 2.14. The van der Waals surface area contributed by atoms with E-state index in [1.165, 1.54) is 5.56 Å². The molecule has 24 heavy (non-hydrogen) atoms. The van der Waals surface area contributed by atoms with Gasteiger partial charge in [-0.3, -0.25) is 0 Å². The number of nitrogens with two attached hydrogens (primary N) is 1. The zero-order chi connectivity index (χ0) is 17.2. The molecule has 0 bridgehead atoms. The molecule has 128 valence electrons. The summed E-state index contributed by atoms with van der Waals surface area (Å²) in [6.07, 6.45) is 2.66. The van der Waals surface area contributed by atoms with Crippen molar-refractivity contribution >= 4 is 17.1 Å². The lowest BCUT2D eigenvalue weighted by Gasteiger charge is -2.11. The molecular weight excluding hydrogens is 300 g/mol. The fourth-order valence-corrected chi connectivity index (χ4v) is 2.05. The maximum Gasteiger partial charge on any atom is 0.118 e. The van der Waals surface area contributed by atoms with Crippen LogP contribution in [0.4, 0.5) is 17.1 Å². The molecule has 2 rings (SSSR count). The minimum absolute atomic E-state index is 0.439. The Morgan fingerprint density at radius 2 is 1.67 bits per heavy atom. The molecule has 0 aromatic heterocycles. The predicted molar refractivity (Wildman–Crippen MR) is 102 cm³/mol. The van der Waals surface area contributed by atoms with Crippen molar-refractivity contribution in [3.63, 3.8) is 0 Å². The molecule has 0 aliphatic carbocycles. The van der Waals surface area contributed by atoms with E-state index < -0.39 is 0 Å². The standard InChI is InChI=1S/C19H26N4O/c1-3-16(20)12-21-17-8-10-18(11-9-17)22-13-24-14-23-19-7-5-4-6-15(19)2/h4-12,21-23H,3,13-14,20H2,1-2H3/b16-12-. The van der Waals surface area contributed by atoms with Crippen molar-refractivity contribution in [2.24, 2.45) is 5.73 Å². The molecule has 0 aliphatic heterocycles. The van der Waals surface area contributed by atoms with E-state index in [1.807, 2.05) is 55.6 Å². The van der Waals surface area contributed by atoms with Crippen LogP contribution in [0.15, 0.2) is 60.4 Å². The molecule has 0 saturated heterocycles. The van der Waals surface area contributed by atoms with Gasteiger partial charge in [-0.1, -0.05) is 25.1 Å². The van der Waals surface area contributed by atoms with Gasteiger partial charge in [0, 0.05) is 29.0 Å². The molecular formula is C19H26N4O. The highest BCUT2D eigenvalue weighted by molar-refractivity contribution is 5.54. The summed E-state index contributed by atoms with van der Waals surface area (Å²) in [5, 5.41) is 9.64. The predicted octanol–water partition coefficient (Wildman–Crippen LogP) is 4.07. The number of benzene rings is 2. The Balaban J connectivity index is 1.68. The van der Waals surface area contributed by atoms with Crippen LogP contribution >= 0.6 is 0 Å². The van der Waals surface area contributed by atoms with Gasteiger partial charge in [0.05, 0.1) is 0 Å². The first-order valence-electron chi connectivity index (χ1n) is 8.11. The molecule has 0 saturated carbocycles. The smallest absolute Gasteiger partial charge is 0.118 e. The van der Waals surface area contributed by atoms with Gasteiger partial charge in [-0.2, -0.15) is 0 Å². The van der Waals surface area contributed by atoms with Crippen LogP contribution in [0.5, 0.6) is 0 Å². The van der Waals surface area contributed by atoms with Crippen molar-refractivity contribution in [2.45, 2.75) is 20.3 Å². The third kappa shape index (κ3) is 5.85. The Bertz CT molecular complexity index is 653. The minimum atomic E-state index is 0.439. The minimum Gasteiger partial charge on any atom is -0.401 e. The molecule has 0 atom stereocenters. The first kappa shape index (κ1) is 17.7. The summed E-state index contributed by atoms with van der Waals surface area (Å²) < 4.78 is 5.56. The Morgan fingerprint density at radius 3 is 2.38 bits per heavy atom. The molecule has 5 N–H and O–H groups in total. The second-order valence-electron chi connectivity index (χ2n) is 5.46. The number of para-hydroxylation sites is 1. The molecule has 0 fully saturated rings. The van der Waals surface area contributed by atoms with Crippen LogP contribution in [0.3, 0.4) is 0 Å². The summed E-state index contributed by atoms with van der Waals surface area (Å²) >= 11 is 0. The summed E-state index contributed by atoms with van der Waals surface area (Å²) in [5.41, 5.74) is 10.9. The fraction of sp³-hybridized carbons (Fsp3) is 0.263. The number of nitrogens with one attached hydrogen (secondary N) is 3. The van der Waals surface area contributed by atoms with Crippen LogP contribution in [0.1, 0.15) is 18.9 Å². The Labute approximate surface area is 143 Å². The van der Waals surface area contributed by atoms with Crippen molar-refractivity contribution in [3.05, 3.63) is 66.0 Å². The molecule has 2 aromatic rings.